The van der Waals surface area contributed by atoms with Crippen molar-refractivity contribution in [3.05, 3.63) is 47.4 Å². The summed E-state index contributed by atoms with van der Waals surface area (Å²) in [6.45, 7) is 10.1. The molecule has 0 saturated heterocycles. The Hall–Kier alpha value is -2.36. The van der Waals surface area contributed by atoms with E-state index in [0.717, 1.165) is 0 Å². The van der Waals surface area contributed by atoms with Gasteiger partial charge in [-0.3, -0.25) is 4.79 Å². The standard InChI is InChI=1S/C15H16O4/c1-5-13(14-9-7-6-8-10(14)2)15(17)19-12(4)18-11(3)16/h5-9,12H,1-2H2,3-4H3/b14-13+. The van der Waals surface area contributed by atoms with Gasteiger partial charge in [-0.2, -0.15) is 0 Å². The van der Waals surface area contributed by atoms with Crippen molar-refractivity contribution in [2.75, 3.05) is 0 Å². The second kappa shape index (κ2) is 6.54. The van der Waals surface area contributed by atoms with Crippen LogP contribution < -0.4 is 10.4 Å². The molecule has 1 unspecified atom stereocenters. The zero-order chi connectivity index (χ0) is 14.4. The molecular formula is C15H16O4. The van der Waals surface area contributed by atoms with Gasteiger partial charge in [-0.05, 0) is 10.4 Å². The van der Waals surface area contributed by atoms with E-state index in [1.54, 1.807) is 18.2 Å². The van der Waals surface area contributed by atoms with E-state index in [2.05, 4.69) is 13.2 Å². The molecule has 0 saturated carbocycles. The average Bonchev–Trinajstić information content (AvgIpc) is 2.31. The van der Waals surface area contributed by atoms with E-state index < -0.39 is 18.2 Å². The highest BCUT2D eigenvalue weighted by Gasteiger charge is 2.15. The molecule has 100 valence electrons. The lowest BCUT2D eigenvalue weighted by molar-refractivity contribution is -0.178. The maximum absolute atomic E-state index is 12.0. The highest BCUT2D eigenvalue weighted by Crippen LogP contribution is 2.03. The van der Waals surface area contributed by atoms with Crippen molar-refractivity contribution < 1.29 is 19.1 Å². The van der Waals surface area contributed by atoms with Gasteiger partial charge < -0.3 is 9.47 Å². The molecule has 1 aromatic rings. The number of carbonyl (C=O) groups is 2. The van der Waals surface area contributed by atoms with Crippen LogP contribution in [0.5, 0.6) is 0 Å². The fourth-order valence-electron chi connectivity index (χ4n) is 1.56. The van der Waals surface area contributed by atoms with Crippen molar-refractivity contribution >= 4 is 24.1 Å². The van der Waals surface area contributed by atoms with Gasteiger partial charge in [0, 0.05) is 13.8 Å². The minimum atomic E-state index is -0.947. The van der Waals surface area contributed by atoms with E-state index in [-0.39, 0.29) is 5.57 Å². The number of hydrogen-bond donors (Lipinski definition) is 0. The minimum absolute atomic E-state index is 0.282. The third kappa shape index (κ3) is 4.10. The molecule has 0 bridgehead atoms. The lowest BCUT2D eigenvalue weighted by Crippen LogP contribution is -2.30. The Morgan fingerprint density at radius 1 is 1.26 bits per heavy atom. The Balaban J connectivity index is 3.06. The maximum atomic E-state index is 12.0. The zero-order valence-electron chi connectivity index (χ0n) is 11.0. The quantitative estimate of drug-likeness (QED) is 0.596. The molecule has 0 amide bonds. The van der Waals surface area contributed by atoms with Crippen LogP contribution in [-0.2, 0) is 19.1 Å². The summed E-state index contributed by atoms with van der Waals surface area (Å²) >= 11 is 0. The molecule has 0 heterocycles. The zero-order valence-corrected chi connectivity index (χ0v) is 11.0. The van der Waals surface area contributed by atoms with Crippen molar-refractivity contribution in [2.45, 2.75) is 20.1 Å². The third-order valence-electron chi connectivity index (χ3n) is 2.34. The van der Waals surface area contributed by atoms with Crippen LogP contribution >= 0.6 is 0 Å². The highest BCUT2D eigenvalue weighted by atomic mass is 16.7. The lowest BCUT2D eigenvalue weighted by atomic mass is 10.1. The Labute approximate surface area is 111 Å². The number of carbonyl (C=O) groups excluding carboxylic acids is 2. The molecule has 0 fully saturated rings. The smallest absolute Gasteiger partial charge is 0.341 e. The summed E-state index contributed by atoms with van der Waals surface area (Å²) in [5, 5.41) is 1.33. The van der Waals surface area contributed by atoms with Crippen LogP contribution in [-0.4, -0.2) is 18.2 Å². The monoisotopic (exact) mass is 260 g/mol. The van der Waals surface area contributed by atoms with Gasteiger partial charge in [0.2, 0.25) is 6.29 Å². The molecule has 0 aliphatic carbocycles. The molecule has 0 aromatic heterocycles. The fraction of sp³-hybridized carbons (Fsp3) is 0.200. The SMILES string of the molecule is C=C/C(C(=O)OC(C)OC(C)=O)=c1/ccccc1=C. The van der Waals surface area contributed by atoms with E-state index in [4.69, 9.17) is 9.47 Å². The molecule has 1 aromatic carbocycles. The maximum Gasteiger partial charge on any atom is 0.341 e. The molecule has 0 radical (unpaired) electrons. The largest absolute Gasteiger partial charge is 0.426 e. The summed E-state index contributed by atoms with van der Waals surface area (Å²) in [5.41, 5.74) is 0.282. The van der Waals surface area contributed by atoms with Crippen molar-refractivity contribution in [1.82, 2.24) is 0 Å². The first-order valence-corrected chi connectivity index (χ1v) is 5.74. The predicted octanol–water partition coefficient (Wildman–Crippen LogP) is 0.886. The van der Waals surface area contributed by atoms with Crippen LogP contribution in [0.1, 0.15) is 13.8 Å². The molecule has 1 atom stereocenters. The Bertz CT molecular complexity index is 601. The summed E-state index contributed by atoms with van der Waals surface area (Å²) in [7, 11) is 0. The molecule has 4 heteroatoms. The predicted molar refractivity (Wildman–Crippen MR) is 72.1 cm³/mol. The van der Waals surface area contributed by atoms with Crippen molar-refractivity contribution in [1.29, 1.82) is 0 Å². The molecular weight excluding hydrogens is 244 g/mol. The fourth-order valence-corrected chi connectivity index (χ4v) is 1.56. The molecule has 0 aliphatic rings. The first kappa shape index (κ1) is 14.7. The highest BCUT2D eigenvalue weighted by molar-refractivity contribution is 6.13. The molecule has 0 aliphatic heterocycles. The summed E-state index contributed by atoms with van der Waals surface area (Å²) in [6, 6.07) is 7.13. The van der Waals surface area contributed by atoms with E-state index in [0.29, 0.717) is 10.4 Å². The van der Waals surface area contributed by atoms with Crippen LogP contribution in [0.4, 0.5) is 0 Å². The normalized spacial score (nSPS) is 13.2. The van der Waals surface area contributed by atoms with E-state index in [1.807, 2.05) is 6.07 Å². The first-order valence-electron chi connectivity index (χ1n) is 5.74. The van der Waals surface area contributed by atoms with Crippen LogP contribution in [0.25, 0.3) is 12.2 Å². The number of benzene rings is 1. The van der Waals surface area contributed by atoms with Gasteiger partial charge in [-0.25, -0.2) is 4.79 Å². The Kier molecular flexibility index (Phi) is 5.06. The van der Waals surface area contributed by atoms with E-state index >= 15 is 0 Å². The number of rotatable bonds is 4. The topological polar surface area (TPSA) is 52.6 Å². The second-order valence-electron chi connectivity index (χ2n) is 3.86. The van der Waals surface area contributed by atoms with Crippen molar-refractivity contribution in [3.63, 3.8) is 0 Å². The van der Waals surface area contributed by atoms with Crippen LogP contribution in [0.15, 0.2) is 36.9 Å². The molecule has 19 heavy (non-hydrogen) atoms. The van der Waals surface area contributed by atoms with E-state index in [9.17, 15) is 9.59 Å². The van der Waals surface area contributed by atoms with Gasteiger partial charge in [0.05, 0.1) is 5.57 Å². The Morgan fingerprint density at radius 2 is 1.89 bits per heavy atom. The average molecular weight is 260 g/mol. The molecule has 4 nitrogen and oxygen atoms in total. The van der Waals surface area contributed by atoms with Gasteiger partial charge in [0.25, 0.3) is 0 Å². The van der Waals surface area contributed by atoms with Crippen molar-refractivity contribution in [3.8, 4) is 0 Å². The van der Waals surface area contributed by atoms with Gasteiger partial charge in [-0.15, -0.1) is 0 Å². The van der Waals surface area contributed by atoms with Gasteiger partial charge >= 0.3 is 11.9 Å². The summed E-state index contributed by atoms with van der Waals surface area (Å²) in [4.78, 5) is 22.7. The van der Waals surface area contributed by atoms with Crippen molar-refractivity contribution in [2.24, 2.45) is 0 Å². The summed E-state index contributed by atoms with van der Waals surface area (Å²) in [6.07, 6.45) is 0.448. The number of ether oxygens (including phenoxy) is 2. The minimum Gasteiger partial charge on any atom is -0.426 e. The van der Waals surface area contributed by atoms with Crippen LogP contribution in [0.2, 0.25) is 0 Å². The van der Waals surface area contributed by atoms with Gasteiger partial charge in [0.15, 0.2) is 0 Å². The Morgan fingerprint density at radius 3 is 2.42 bits per heavy atom. The second-order valence-corrected chi connectivity index (χ2v) is 3.86. The lowest BCUT2D eigenvalue weighted by Gasteiger charge is -2.13. The van der Waals surface area contributed by atoms with Gasteiger partial charge in [-0.1, -0.05) is 43.5 Å². The molecule has 0 N–H and O–H groups in total. The number of hydrogen-bond acceptors (Lipinski definition) is 4. The summed E-state index contributed by atoms with van der Waals surface area (Å²) in [5.74, 6) is -1.13. The first-order chi connectivity index (χ1) is 8.95. The third-order valence-corrected chi connectivity index (χ3v) is 2.34. The summed E-state index contributed by atoms with van der Waals surface area (Å²) < 4.78 is 9.74. The molecule has 0 spiro atoms. The number of esters is 2. The van der Waals surface area contributed by atoms with E-state index in [1.165, 1.54) is 19.9 Å². The van der Waals surface area contributed by atoms with Crippen LogP contribution in [0, 0.1) is 0 Å². The van der Waals surface area contributed by atoms with Crippen LogP contribution in [0.3, 0.4) is 0 Å². The molecule has 1 rings (SSSR count). The van der Waals surface area contributed by atoms with Gasteiger partial charge in [0.1, 0.15) is 0 Å².